The van der Waals surface area contributed by atoms with E-state index in [2.05, 4.69) is 10.4 Å². The zero-order valence-electron chi connectivity index (χ0n) is 14.2. The number of likely N-dealkylation sites (tertiary alicyclic amines) is 1. The third-order valence-electron chi connectivity index (χ3n) is 5.08. The molecule has 1 amide bonds. The second kappa shape index (κ2) is 6.29. The van der Waals surface area contributed by atoms with Crippen molar-refractivity contribution in [1.82, 2.24) is 25.0 Å². The van der Waals surface area contributed by atoms with E-state index in [0.29, 0.717) is 6.42 Å². The van der Waals surface area contributed by atoms with Gasteiger partial charge >= 0.3 is 0 Å². The van der Waals surface area contributed by atoms with Crippen LogP contribution in [0.5, 0.6) is 0 Å². The van der Waals surface area contributed by atoms with Gasteiger partial charge in [0.1, 0.15) is 5.01 Å². The molecular formula is C17H23N5OS. The molecule has 1 saturated heterocycles. The van der Waals surface area contributed by atoms with Gasteiger partial charge in [-0.2, -0.15) is 5.10 Å². The molecule has 0 aromatic carbocycles. The monoisotopic (exact) mass is 345 g/mol. The van der Waals surface area contributed by atoms with Gasteiger partial charge in [-0.25, -0.2) is 4.98 Å². The smallest absolute Gasteiger partial charge is 0.223 e. The van der Waals surface area contributed by atoms with Gasteiger partial charge < -0.3 is 10.2 Å². The molecule has 6 nitrogen and oxygen atoms in total. The maximum atomic E-state index is 12.2. The Kier molecular flexibility index (Phi) is 4.14. The van der Waals surface area contributed by atoms with Crippen molar-refractivity contribution in [3.63, 3.8) is 0 Å². The van der Waals surface area contributed by atoms with Crippen LogP contribution in [0.15, 0.2) is 12.4 Å². The van der Waals surface area contributed by atoms with Crippen molar-refractivity contribution in [3.05, 3.63) is 33.5 Å². The molecule has 0 spiro atoms. The van der Waals surface area contributed by atoms with Gasteiger partial charge in [-0.1, -0.05) is 0 Å². The molecule has 1 aliphatic carbocycles. The van der Waals surface area contributed by atoms with E-state index >= 15 is 0 Å². The zero-order chi connectivity index (χ0) is 16.7. The summed E-state index contributed by atoms with van der Waals surface area (Å²) in [5.74, 6) is 0.488. The lowest BCUT2D eigenvalue weighted by molar-refractivity contribution is -0.127. The SMILES string of the molecule is CN1C(=O)C[C@@H](CNCc2nc3c(s2)CCC3)[C@@H]1c1cnn(C)c1. The molecule has 2 atom stereocenters. The number of amides is 1. The number of hydrogen-bond acceptors (Lipinski definition) is 5. The van der Waals surface area contributed by atoms with Crippen LogP contribution in [0.25, 0.3) is 0 Å². The largest absolute Gasteiger partial charge is 0.338 e. The molecular weight excluding hydrogens is 322 g/mol. The molecule has 0 saturated carbocycles. The summed E-state index contributed by atoms with van der Waals surface area (Å²) in [4.78, 5) is 20.2. The van der Waals surface area contributed by atoms with Crippen LogP contribution in [0, 0.1) is 5.92 Å². The topological polar surface area (TPSA) is 63.1 Å². The molecule has 128 valence electrons. The van der Waals surface area contributed by atoms with Crippen LogP contribution in [0.1, 0.15) is 40.0 Å². The van der Waals surface area contributed by atoms with Gasteiger partial charge in [-0.15, -0.1) is 11.3 Å². The Morgan fingerprint density at radius 1 is 1.38 bits per heavy atom. The summed E-state index contributed by atoms with van der Waals surface area (Å²) in [5.41, 5.74) is 2.42. The fraction of sp³-hybridized carbons (Fsp3) is 0.588. The Labute approximate surface area is 145 Å². The van der Waals surface area contributed by atoms with Crippen LogP contribution >= 0.6 is 11.3 Å². The van der Waals surface area contributed by atoms with E-state index in [-0.39, 0.29) is 17.9 Å². The number of thiazole rings is 1. The summed E-state index contributed by atoms with van der Waals surface area (Å²) in [6.45, 7) is 1.62. The first-order chi connectivity index (χ1) is 11.6. The zero-order valence-corrected chi connectivity index (χ0v) is 15.0. The molecule has 1 fully saturated rings. The minimum atomic E-state index is 0.111. The van der Waals surface area contributed by atoms with E-state index in [1.807, 2.05) is 42.7 Å². The Balaban J connectivity index is 1.39. The summed E-state index contributed by atoms with van der Waals surface area (Å²) >= 11 is 1.84. The van der Waals surface area contributed by atoms with E-state index in [1.165, 1.54) is 28.4 Å². The summed E-state index contributed by atoms with van der Waals surface area (Å²) in [6, 6.07) is 0.111. The molecule has 2 aromatic rings. The molecule has 7 heteroatoms. The van der Waals surface area contributed by atoms with E-state index in [9.17, 15) is 4.79 Å². The highest BCUT2D eigenvalue weighted by molar-refractivity contribution is 7.11. The third-order valence-corrected chi connectivity index (χ3v) is 6.24. The third kappa shape index (κ3) is 2.86. The quantitative estimate of drug-likeness (QED) is 0.895. The van der Waals surface area contributed by atoms with Crippen molar-refractivity contribution in [1.29, 1.82) is 0 Å². The molecule has 4 rings (SSSR count). The number of carbonyl (C=O) groups is 1. The molecule has 1 aliphatic heterocycles. The maximum absolute atomic E-state index is 12.2. The summed E-state index contributed by atoms with van der Waals surface area (Å²) in [5, 5.41) is 8.96. The molecule has 0 unspecified atom stereocenters. The normalized spacial score (nSPS) is 23.2. The van der Waals surface area contributed by atoms with Gasteiger partial charge in [0.2, 0.25) is 5.91 Å². The van der Waals surface area contributed by atoms with Crippen molar-refractivity contribution >= 4 is 17.2 Å². The molecule has 2 aromatic heterocycles. The minimum Gasteiger partial charge on any atom is -0.338 e. The summed E-state index contributed by atoms with van der Waals surface area (Å²) < 4.78 is 1.80. The van der Waals surface area contributed by atoms with Crippen LogP contribution in [-0.4, -0.2) is 39.2 Å². The molecule has 2 aliphatic rings. The fourth-order valence-corrected chi connectivity index (χ4v) is 5.03. The fourth-order valence-electron chi connectivity index (χ4n) is 3.91. The predicted molar refractivity (Wildman–Crippen MR) is 92.7 cm³/mol. The van der Waals surface area contributed by atoms with Gasteiger partial charge in [0.15, 0.2) is 0 Å². The average molecular weight is 345 g/mol. The average Bonchev–Trinajstić information content (AvgIpc) is 3.26. The van der Waals surface area contributed by atoms with E-state index in [4.69, 9.17) is 4.98 Å². The lowest BCUT2D eigenvalue weighted by atomic mass is 9.96. The van der Waals surface area contributed by atoms with Crippen LogP contribution in [0.4, 0.5) is 0 Å². The van der Waals surface area contributed by atoms with E-state index in [1.54, 1.807) is 4.68 Å². The predicted octanol–water partition coefficient (Wildman–Crippen LogP) is 1.67. The van der Waals surface area contributed by atoms with Gasteiger partial charge in [0, 0.05) is 56.2 Å². The highest BCUT2D eigenvalue weighted by Crippen LogP contribution is 2.36. The van der Waals surface area contributed by atoms with Crippen molar-refractivity contribution < 1.29 is 4.79 Å². The first-order valence-electron chi connectivity index (χ1n) is 8.54. The number of rotatable bonds is 5. The molecule has 1 N–H and O–H groups in total. The van der Waals surface area contributed by atoms with Crippen LogP contribution < -0.4 is 5.32 Å². The van der Waals surface area contributed by atoms with Crippen molar-refractivity contribution in [3.8, 4) is 0 Å². The number of nitrogens with one attached hydrogen (secondary N) is 1. The molecule has 24 heavy (non-hydrogen) atoms. The number of nitrogens with zero attached hydrogens (tertiary/aromatic N) is 4. The number of fused-ring (bicyclic) bond motifs is 1. The number of hydrogen-bond donors (Lipinski definition) is 1. The summed E-state index contributed by atoms with van der Waals surface area (Å²) in [7, 11) is 3.81. The van der Waals surface area contributed by atoms with Crippen LogP contribution in [-0.2, 0) is 31.2 Å². The van der Waals surface area contributed by atoms with E-state index < -0.39 is 0 Å². The Morgan fingerprint density at radius 2 is 2.25 bits per heavy atom. The first kappa shape index (κ1) is 15.8. The molecule has 0 bridgehead atoms. The highest BCUT2D eigenvalue weighted by atomic mass is 32.1. The standard InChI is InChI=1S/C17H23N5OS/c1-21-10-12(8-19-21)17-11(6-16(23)22(17)2)7-18-9-15-20-13-4-3-5-14(13)24-15/h8,10-11,17-18H,3-7,9H2,1-2H3/t11-,17+/m0/s1. The second-order valence-electron chi connectivity index (χ2n) is 6.82. The maximum Gasteiger partial charge on any atom is 0.223 e. The van der Waals surface area contributed by atoms with Gasteiger partial charge in [-0.05, 0) is 19.3 Å². The minimum absolute atomic E-state index is 0.111. The number of aromatic nitrogens is 3. The highest BCUT2D eigenvalue weighted by Gasteiger charge is 2.38. The van der Waals surface area contributed by atoms with Crippen molar-refractivity contribution in [2.24, 2.45) is 13.0 Å². The number of carbonyl (C=O) groups excluding carboxylic acids is 1. The van der Waals surface area contributed by atoms with Crippen LogP contribution in [0.2, 0.25) is 0 Å². The van der Waals surface area contributed by atoms with Crippen molar-refractivity contribution in [2.45, 2.75) is 38.3 Å². The Morgan fingerprint density at radius 3 is 3.00 bits per heavy atom. The molecule has 0 radical (unpaired) electrons. The first-order valence-corrected chi connectivity index (χ1v) is 9.36. The van der Waals surface area contributed by atoms with Crippen LogP contribution in [0.3, 0.4) is 0 Å². The lowest BCUT2D eigenvalue weighted by Gasteiger charge is -2.24. The Bertz CT molecular complexity index is 730. The van der Waals surface area contributed by atoms with Gasteiger partial charge in [0.05, 0.1) is 17.9 Å². The Hall–Kier alpha value is -1.73. The molecule has 3 heterocycles. The second-order valence-corrected chi connectivity index (χ2v) is 7.99. The lowest BCUT2D eigenvalue weighted by Crippen LogP contribution is -2.28. The number of aryl methyl sites for hydroxylation is 3. The van der Waals surface area contributed by atoms with Gasteiger partial charge in [-0.3, -0.25) is 9.48 Å². The van der Waals surface area contributed by atoms with Gasteiger partial charge in [0.25, 0.3) is 0 Å². The van der Waals surface area contributed by atoms with Crippen molar-refractivity contribution in [2.75, 3.05) is 13.6 Å². The summed E-state index contributed by atoms with van der Waals surface area (Å²) in [6.07, 6.45) is 8.06. The van der Waals surface area contributed by atoms with E-state index in [0.717, 1.165) is 25.1 Å².